The molecule has 108 valence electrons. The highest BCUT2D eigenvalue weighted by Crippen LogP contribution is 2.28. The Morgan fingerprint density at radius 2 is 2.20 bits per heavy atom. The second-order valence-corrected chi connectivity index (χ2v) is 6.91. The number of hydrogen-bond acceptors (Lipinski definition) is 4. The molecule has 0 spiro atoms. The molecule has 3 N–H and O–H groups in total. The fourth-order valence-electron chi connectivity index (χ4n) is 1.60. The van der Waals surface area contributed by atoms with Crippen molar-refractivity contribution in [1.82, 2.24) is 10.2 Å². The number of halogens is 2. The lowest BCUT2D eigenvalue weighted by Gasteiger charge is -2.09. The minimum Gasteiger partial charge on any atom is -0.392 e. The van der Waals surface area contributed by atoms with Gasteiger partial charge in [-0.15, -0.1) is 0 Å². The topological polar surface area (TPSA) is 95.1 Å². The summed E-state index contributed by atoms with van der Waals surface area (Å²) in [6.07, 6.45) is 0. The fraction of sp³-hybridized carbons (Fsp3) is 0.182. The molecular weight excluding hydrogens is 370 g/mol. The third-order valence-electron chi connectivity index (χ3n) is 2.62. The molecule has 20 heavy (non-hydrogen) atoms. The molecule has 0 bridgehead atoms. The van der Waals surface area contributed by atoms with Crippen LogP contribution in [0.4, 0.5) is 5.69 Å². The molecule has 6 nitrogen and oxygen atoms in total. The van der Waals surface area contributed by atoms with Crippen LogP contribution in [0.3, 0.4) is 0 Å². The van der Waals surface area contributed by atoms with Crippen LogP contribution in [0.2, 0.25) is 5.02 Å². The standard InChI is InChI=1S/C11H11BrClN3O3S/c1-6-8(5-17)11(15-14-6)20(18,19)16-10-3-2-7(13)4-9(10)12/h2-4,16-17H,5H2,1H3,(H,14,15). The van der Waals surface area contributed by atoms with E-state index in [-0.39, 0.29) is 10.6 Å². The maximum Gasteiger partial charge on any atom is 0.281 e. The number of H-pyrrole nitrogens is 1. The highest BCUT2D eigenvalue weighted by molar-refractivity contribution is 9.10. The number of sulfonamides is 1. The lowest BCUT2D eigenvalue weighted by Crippen LogP contribution is -2.15. The monoisotopic (exact) mass is 379 g/mol. The van der Waals surface area contributed by atoms with Gasteiger partial charge in [0.15, 0.2) is 0 Å². The zero-order valence-corrected chi connectivity index (χ0v) is 13.5. The van der Waals surface area contributed by atoms with Crippen molar-refractivity contribution in [2.24, 2.45) is 0 Å². The lowest BCUT2D eigenvalue weighted by molar-refractivity contribution is 0.277. The van der Waals surface area contributed by atoms with Gasteiger partial charge in [0.05, 0.1) is 12.3 Å². The normalized spacial score (nSPS) is 11.6. The van der Waals surface area contributed by atoms with Crippen molar-refractivity contribution < 1.29 is 13.5 Å². The zero-order chi connectivity index (χ0) is 14.9. The summed E-state index contributed by atoms with van der Waals surface area (Å²) < 4.78 is 27.4. The molecule has 0 aliphatic heterocycles. The predicted molar refractivity (Wildman–Crippen MR) is 79.2 cm³/mol. The summed E-state index contributed by atoms with van der Waals surface area (Å²) in [6, 6.07) is 4.66. The van der Waals surface area contributed by atoms with Crippen molar-refractivity contribution in [3.8, 4) is 0 Å². The SMILES string of the molecule is Cc1[nH]nc(S(=O)(=O)Nc2ccc(Cl)cc2Br)c1CO. The molecule has 1 aromatic heterocycles. The van der Waals surface area contributed by atoms with Crippen LogP contribution in [0.15, 0.2) is 27.7 Å². The highest BCUT2D eigenvalue weighted by atomic mass is 79.9. The van der Waals surface area contributed by atoms with Crippen LogP contribution in [-0.4, -0.2) is 23.7 Å². The number of anilines is 1. The van der Waals surface area contributed by atoms with Gasteiger partial charge in [0, 0.05) is 20.8 Å². The van der Waals surface area contributed by atoms with Crippen molar-refractivity contribution >= 4 is 43.2 Å². The second kappa shape index (κ2) is 5.72. The maximum atomic E-state index is 12.3. The average molecular weight is 381 g/mol. The summed E-state index contributed by atoms with van der Waals surface area (Å²) >= 11 is 9.02. The Morgan fingerprint density at radius 3 is 2.80 bits per heavy atom. The highest BCUT2D eigenvalue weighted by Gasteiger charge is 2.24. The van der Waals surface area contributed by atoms with Crippen LogP contribution in [-0.2, 0) is 16.6 Å². The van der Waals surface area contributed by atoms with Crippen LogP contribution in [0, 0.1) is 6.92 Å². The van der Waals surface area contributed by atoms with Crippen LogP contribution in [0.25, 0.3) is 0 Å². The number of hydrogen-bond donors (Lipinski definition) is 3. The molecule has 0 atom stereocenters. The van der Waals surface area contributed by atoms with Crippen molar-refractivity contribution in [2.75, 3.05) is 4.72 Å². The van der Waals surface area contributed by atoms with E-state index >= 15 is 0 Å². The van der Waals surface area contributed by atoms with Crippen LogP contribution in [0.1, 0.15) is 11.3 Å². The molecule has 0 fully saturated rings. The largest absolute Gasteiger partial charge is 0.392 e. The number of aromatic amines is 1. The van der Waals surface area contributed by atoms with Crippen LogP contribution in [0.5, 0.6) is 0 Å². The smallest absolute Gasteiger partial charge is 0.281 e. The number of aliphatic hydroxyl groups is 1. The molecule has 1 heterocycles. The van der Waals surface area contributed by atoms with Crippen molar-refractivity contribution in [1.29, 1.82) is 0 Å². The number of benzene rings is 1. The number of nitrogens with one attached hydrogen (secondary N) is 2. The third kappa shape index (κ3) is 2.98. The first-order valence-corrected chi connectivity index (χ1v) is 8.13. The Bertz CT molecular complexity index is 745. The Kier molecular flexibility index (Phi) is 4.38. The molecule has 9 heteroatoms. The molecule has 0 aliphatic carbocycles. The van der Waals surface area contributed by atoms with Gasteiger partial charge in [-0.25, -0.2) is 0 Å². The third-order valence-corrected chi connectivity index (χ3v) is 4.85. The van der Waals surface area contributed by atoms with Gasteiger partial charge >= 0.3 is 0 Å². The zero-order valence-electron chi connectivity index (χ0n) is 10.3. The Hall–Kier alpha value is -1.09. The van der Waals surface area contributed by atoms with E-state index in [9.17, 15) is 13.5 Å². The van der Waals surface area contributed by atoms with E-state index in [1.54, 1.807) is 19.1 Å². The van der Waals surface area contributed by atoms with Gasteiger partial charge in [-0.3, -0.25) is 9.82 Å². The molecule has 0 aliphatic rings. The van der Waals surface area contributed by atoms with E-state index in [2.05, 4.69) is 30.8 Å². The molecule has 1 aromatic carbocycles. The van der Waals surface area contributed by atoms with Crippen molar-refractivity contribution in [3.63, 3.8) is 0 Å². The molecule has 0 radical (unpaired) electrons. The minimum atomic E-state index is -3.90. The van der Waals surface area contributed by atoms with Gasteiger partial charge in [0.2, 0.25) is 5.03 Å². The number of aryl methyl sites for hydroxylation is 1. The number of aromatic nitrogens is 2. The first-order valence-electron chi connectivity index (χ1n) is 5.47. The first-order chi connectivity index (χ1) is 9.35. The van der Waals surface area contributed by atoms with E-state index in [0.29, 0.717) is 20.9 Å². The average Bonchev–Trinajstić information content (AvgIpc) is 2.74. The van der Waals surface area contributed by atoms with E-state index in [0.717, 1.165) is 0 Å². The summed E-state index contributed by atoms with van der Waals surface area (Å²) in [7, 11) is -3.90. The van der Waals surface area contributed by atoms with E-state index < -0.39 is 16.6 Å². The lowest BCUT2D eigenvalue weighted by atomic mass is 10.3. The first kappa shape index (κ1) is 15.3. The van der Waals surface area contributed by atoms with Gasteiger partial charge in [0.25, 0.3) is 10.0 Å². The molecule has 0 saturated heterocycles. The van der Waals surface area contributed by atoms with Crippen LogP contribution < -0.4 is 4.72 Å². The minimum absolute atomic E-state index is 0.223. The summed E-state index contributed by atoms with van der Waals surface area (Å²) in [6.45, 7) is 1.22. The molecular formula is C11H11BrClN3O3S. The Labute approximate surface area is 129 Å². The maximum absolute atomic E-state index is 12.3. The number of rotatable bonds is 4. The van der Waals surface area contributed by atoms with E-state index in [4.69, 9.17) is 11.6 Å². The molecule has 0 amide bonds. The Balaban J connectivity index is 2.41. The summed E-state index contributed by atoms with van der Waals surface area (Å²) in [5.41, 5.74) is 1.07. The van der Waals surface area contributed by atoms with Gasteiger partial charge in [-0.2, -0.15) is 13.5 Å². The summed E-state index contributed by atoms with van der Waals surface area (Å²) in [5.74, 6) is 0. The molecule has 2 aromatic rings. The quantitative estimate of drug-likeness (QED) is 0.759. The molecule has 2 rings (SSSR count). The molecule has 0 saturated carbocycles. The van der Waals surface area contributed by atoms with E-state index in [1.165, 1.54) is 6.07 Å². The summed E-state index contributed by atoms with van der Waals surface area (Å²) in [5, 5.41) is 15.8. The van der Waals surface area contributed by atoms with Gasteiger partial charge in [-0.05, 0) is 41.1 Å². The van der Waals surface area contributed by atoms with Gasteiger partial charge < -0.3 is 5.11 Å². The summed E-state index contributed by atoms with van der Waals surface area (Å²) in [4.78, 5) is 0. The number of nitrogens with zero attached hydrogens (tertiary/aromatic N) is 1. The Morgan fingerprint density at radius 1 is 1.50 bits per heavy atom. The van der Waals surface area contributed by atoms with Crippen molar-refractivity contribution in [3.05, 3.63) is 39.0 Å². The second-order valence-electron chi connectivity index (χ2n) is 4.02. The predicted octanol–water partition coefficient (Wildman–Crippen LogP) is 2.43. The van der Waals surface area contributed by atoms with Crippen molar-refractivity contribution in [2.45, 2.75) is 18.6 Å². The van der Waals surface area contributed by atoms with Gasteiger partial charge in [-0.1, -0.05) is 11.6 Å². The van der Waals surface area contributed by atoms with Crippen LogP contribution >= 0.6 is 27.5 Å². The van der Waals surface area contributed by atoms with Gasteiger partial charge in [0.1, 0.15) is 0 Å². The van der Waals surface area contributed by atoms with E-state index in [1.807, 2.05) is 0 Å². The number of aliphatic hydroxyl groups excluding tert-OH is 1. The molecule has 0 unspecified atom stereocenters. The fourth-order valence-corrected chi connectivity index (χ4v) is 3.79.